The molecule has 112 valence electrons. The molecule has 2 rings (SSSR count). The van der Waals surface area contributed by atoms with Gasteiger partial charge in [0.15, 0.2) is 0 Å². The van der Waals surface area contributed by atoms with E-state index in [0.29, 0.717) is 12.2 Å². The lowest BCUT2D eigenvalue weighted by atomic mass is 10.1. The van der Waals surface area contributed by atoms with Crippen LogP contribution in [0.5, 0.6) is 0 Å². The summed E-state index contributed by atoms with van der Waals surface area (Å²) in [7, 11) is 0. The first kappa shape index (κ1) is 15.7. The highest BCUT2D eigenvalue weighted by Crippen LogP contribution is 2.30. The minimum absolute atomic E-state index is 0.431. The van der Waals surface area contributed by atoms with Crippen LogP contribution in [0.4, 0.5) is 24.5 Å². The number of hydrogen-bond donors (Lipinski definition) is 2. The second-order valence-electron chi connectivity index (χ2n) is 4.74. The second kappa shape index (κ2) is 5.97. The molecule has 0 spiro atoms. The Morgan fingerprint density at radius 2 is 1.76 bits per heavy atom. The smallest absolute Gasteiger partial charge is 0.398 e. The third-order valence-corrected chi connectivity index (χ3v) is 3.78. The lowest BCUT2D eigenvalue weighted by molar-refractivity contribution is -0.137. The molecule has 0 saturated heterocycles. The van der Waals surface area contributed by atoms with E-state index in [1.54, 1.807) is 6.07 Å². The SMILES string of the molecule is Cc1cc(NCc2ccc(C(F)(F)F)cc2)c(Br)cc1N. The standard InChI is InChI=1S/C15H14BrF3N2/c1-9-6-14(12(16)7-13(9)20)21-8-10-2-4-11(5-3-10)15(17,18)19/h2-7,21H,8,20H2,1H3. The summed E-state index contributed by atoms with van der Waals surface area (Å²) in [6, 6.07) is 8.79. The van der Waals surface area contributed by atoms with Crippen LogP contribution in [0.25, 0.3) is 0 Å². The maximum absolute atomic E-state index is 12.5. The van der Waals surface area contributed by atoms with Crippen molar-refractivity contribution >= 4 is 27.3 Å². The van der Waals surface area contributed by atoms with Gasteiger partial charge in [0, 0.05) is 22.4 Å². The summed E-state index contributed by atoms with van der Waals surface area (Å²) >= 11 is 3.40. The Hall–Kier alpha value is -1.69. The van der Waals surface area contributed by atoms with Crippen LogP contribution >= 0.6 is 15.9 Å². The molecule has 0 aliphatic heterocycles. The lowest BCUT2D eigenvalue weighted by Crippen LogP contribution is -2.06. The van der Waals surface area contributed by atoms with Crippen LogP contribution in [-0.2, 0) is 12.7 Å². The van der Waals surface area contributed by atoms with E-state index in [1.807, 2.05) is 13.0 Å². The summed E-state index contributed by atoms with van der Waals surface area (Å²) < 4.78 is 38.2. The maximum atomic E-state index is 12.5. The minimum Gasteiger partial charge on any atom is -0.398 e. The van der Waals surface area contributed by atoms with Gasteiger partial charge in [-0.05, 0) is 58.2 Å². The molecule has 2 nitrogen and oxygen atoms in total. The Morgan fingerprint density at radius 1 is 1.14 bits per heavy atom. The fourth-order valence-corrected chi connectivity index (χ4v) is 2.34. The lowest BCUT2D eigenvalue weighted by Gasteiger charge is -2.12. The van der Waals surface area contributed by atoms with Crippen LogP contribution in [-0.4, -0.2) is 0 Å². The molecule has 0 radical (unpaired) electrons. The van der Waals surface area contributed by atoms with E-state index in [1.165, 1.54) is 12.1 Å². The third-order valence-electron chi connectivity index (χ3n) is 3.12. The molecule has 0 amide bonds. The number of aryl methyl sites for hydroxylation is 1. The molecule has 0 unspecified atom stereocenters. The van der Waals surface area contributed by atoms with E-state index in [4.69, 9.17) is 5.73 Å². The molecule has 2 aromatic rings. The van der Waals surface area contributed by atoms with Gasteiger partial charge in [-0.15, -0.1) is 0 Å². The molecule has 0 aromatic heterocycles. The molecule has 0 aliphatic carbocycles. The molecule has 6 heteroatoms. The number of benzene rings is 2. The zero-order valence-electron chi connectivity index (χ0n) is 11.3. The van der Waals surface area contributed by atoms with Crippen molar-refractivity contribution in [1.29, 1.82) is 0 Å². The van der Waals surface area contributed by atoms with Gasteiger partial charge in [-0.25, -0.2) is 0 Å². The molecule has 0 atom stereocenters. The monoisotopic (exact) mass is 358 g/mol. The number of nitrogens with two attached hydrogens (primary N) is 1. The number of hydrogen-bond acceptors (Lipinski definition) is 2. The van der Waals surface area contributed by atoms with Crippen molar-refractivity contribution in [3.8, 4) is 0 Å². The van der Waals surface area contributed by atoms with Gasteiger partial charge < -0.3 is 11.1 Å². The largest absolute Gasteiger partial charge is 0.416 e. The van der Waals surface area contributed by atoms with Gasteiger partial charge in [-0.1, -0.05) is 12.1 Å². The van der Waals surface area contributed by atoms with Crippen LogP contribution in [0.15, 0.2) is 40.9 Å². The average molecular weight is 359 g/mol. The fourth-order valence-electron chi connectivity index (χ4n) is 1.84. The van der Waals surface area contributed by atoms with E-state index >= 15 is 0 Å². The maximum Gasteiger partial charge on any atom is 0.416 e. The van der Waals surface area contributed by atoms with Crippen molar-refractivity contribution in [2.24, 2.45) is 0 Å². The number of anilines is 2. The first-order valence-corrected chi connectivity index (χ1v) is 7.02. The van der Waals surface area contributed by atoms with Crippen LogP contribution in [0.1, 0.15) is 16.7 Å². The zero-order chi connectivity index (χ0) is 15.6. The topological polar surface area (TPSA) is 38.0 Å². The van der Waals surface area contributed by atoms with Crippen molar-refractivity contribution in [1.82, 2.24) is 0 Å². The highest BCUT2D eigenvalue weighted by atomic mass is 79.9. The third kappa shape index (κ3) is 3.91. The first-order chi connectivity index (χ1) is 9.77. The Bertz CT molecular complexity index is 637. The van der Waals surface area contributed by atoms with Gasteiger partial charge >= 0.3 is 6.18 Å². The highest BCUT2D eigenvalue weighted by Gasteiger charge is 2.29. The molecule has 21 heavy (non-hydrogen) atoms. The molecule has 0 heterocycles. The van der Waals surface area contributed by atoms with E-state index < -0.39 is 11.7 Å². The Labute approximate surface area is 129 Å². The summed E-state index contributed by atoms with van der Waals surface area (Å²) in [6.07, 6.45) is -4.30. The summed E-state index contributed by atoms with van der Waals surface area (Å²) in [5.41, 5.74) is 8.38. The number of alkyl halides is 3. The quantitative estimate of drug-likeness (QED) is 0.760. The van der Waals surface area contributed by atoms with Gasteiger partial charge in [0.25, 0.3) is 0 Å². The molecule has 3 N–H and O–H groups in total. The van der Waals surface area contributed by atoms with E-state index in [-0.39, 0.29) is 0 Å². The van der Waals surface area contributed by atoms with Crippen LogP contribution in [0, 0.1) is 6.92 Å². The van der Waals surface area contributed by atoms with E-state index in [9.17, 15) is 13.2 Å². The Balaban J connectivity index is 2.08. The molecular weight excluding hydrogens is 345 g/mol. The number of rotatable bonds is 3. The van der Waals surface area contributed by atoms with Gasteiger partial charge in [0.1, 0.15) is 0 Å². The molecule has 0 fully saturated rings. The summed E-state index contributed by atoms with van der Waals surface area (Å²) in [4.78, 5) is 0. The van der Waals surface area contributed by atoms with Gasteiger partial charge in [0.05, 0.1) is 5.56 Å². The van der Waals surface area contributed by atoms with Gasteiger partial charge in [-0.3, -0.25) is 0 Å². The average Bonchev–Trinajstić information content (AvgIpc) is 2.41. The fraction of sp³-hybridized carbons (Fsp3) is 0.200. The predicted molar refractivity (Wildman–Crippen MR) is 82.1 cm³/mol. The second-order valence-corrected chi connectivity index (χ2v) is 5.59. The van der Waals surface area contributed by atoms with Crippen LogP contribution in [0.3, 0.4) is 0 Å². The first-order valence-electron chi connectivity index (χ1n) is 6.23. The summed E-state index contributed by atoms with van der Waals surface area (Å²) in [5, 5.41) is 3.17. The Morgan fingerprint density at radius 3 is 2.33 bits per heavy atom. The zero-order valence-corrected chi connectivity index (χ0v) is 12.8. The van der Waals surface area contributed by atoms with Crippen molar-refractivity contribution in [2.75, 3.05) is 11.1 Å². The summed E-state index contributed by atoms with van der Waals surface area (Å²) in [5.74, 6) is 0. The van der Waals surface area contributed by atoms with Crippen molar-refractivity contribution in [3.63, 3.8) is 0 Å². The van der Waals surface area contributed by atoms with Crippen LogP contribution in [0.2, 0.25) is 0 Å². The minimum atomic E-state index is -4.30. The predicted octanol–water partition coefficient (Wildman–Crippen LogP) is 4.97. The van der Waals surface area contributed by atoms with Crippen molar-refractivity contribution < 1.29 is 13.2 Å². The van der Waals surface area contributed by atoms with Crippen LogP contribution < -0.4 is 11.1 Å². The Kier molecular flexibility index (Phi) is 4.46. The van der Waals surface area contributed by atoms with Gasteiger partial charge in [0.2, 0.25) is 0 Å². The summed E-state index contributed by atoms with van der Waals surface area (Å²) in [6.45, 7) is 2.32. The molecule has 0 saturated carbocycles. The molecule has 0 aliphatic rings. The highest BCUT2D eigenvalue weighted by molar-refractivity contribution is 9.10. The van der Waals surface area contributed by atoms with E-state index in [0.717, 1.165) is 33.4 Å². The number of nitrogen functional groups attached to an aromatic ring is 1. The number of halogens is 4. The molecule has 0 bridgehead atoms. The van der Waals surface area contributed by atoms with Crippen molar-refractivity contribution in [2.45, 2.75) is 19.6 Å². The normalized spacial score (nSPS) is 11.5. The molecular formula is C15H14BrF3N2. The van der Waals surface area contributed by atoms with E-state index in [2.05, 4.69) is 21.2 Å². The number of nitrogens with one attached hydrogen (secondary N) is 1. The molecule has 2 aromatic carbocycles. The van der Waals surface area contributed by atoms with Gasteiger partial charge in [-0.2, -0.15) is 13.2 Å². The van der Waals surface area contributed by atoms with Crippen molar-refractivity contribution in [3.05, 3.63) is 57.6 Å².